The first-order valence-corrected chi connectivity index (χ1v) is 7.45. The van der Waals surface area contributed by atoms with Crippen LogP contribution in [0.1, 0.15) is 29.9 Å². The highest BCUT2D eigenvalue weighted by Crippen LogP contribution is 2.27. The molecule has 5 nitrogen and oxygen atoms in total. The minimum atomic E-state index is -1.00. The van der Waals surface area contributed by atoms with Gasteiger partial charge < -0.3 is 9.84 Å². The fourth-order valence-corrected chi connectivity index (χ4v) is 2.52. The zero-order valence-corrected chi connectivity index (χ0v) is 13.3. The van der Waals surface area contributed by atoms with Crippen molar-refractivity contribution in [3.63, 3.8) is 0 Å². The van der Waals surface area contributed by atoms with Crippen molar-refractivity contribution in [2.45, 2.75) is 26.9 Å². The van der Waals surface area contributed by atoms with Crippen LogP contribution in [0.2, 0.25) is 0 Å². The lowest BCUT2D eigenvalue weighted by atomic mass is 10.1. The minimum Gasteiger partial charge on any atom is -0.491 e. The van der Waals surface area contributed by atoms with Crippen LogP contribution >= 0.6 is 0 Å². The van der Waals surface area contributed by atoms with Gasteiger partial charge in [0, 0.05) is 11.8 Å². The highest BCUT2D eigenvalue weighted by Gasteiger charge is 2.20. The molecule has 0 aliphatic carbocycles. The number of aromatic carboxylic acids is 1. The molecule has 0 fully saturated rings. The van der Waals surface area contributed by atoms with E-state index in [1.807, 2.05) is 57.2 Å². The number of nitrogens with zero attached hydrogens (tertiary/aromatic N) is 2. The first-order valence-electron chi connectivity index (χ1n) is 7.45. The zero-order valence-electron chi connectivity index (χ0n) is 13.3. The molecule has 1 N–H and O–H groups in total. The average Bonchev–Trinajstić information content (AvgIpc) is 2.85. The molecule has 0 saturated carbocycles. The van der Waals surface area contributed by atoms with Gasteiger partial charge >= 0.3 is 5.97 Å². The first kappa shape index (κ1) is 15.1. The Morgan fingerprint density at radius 2 is 1.91 bits per heavy atom. The van der Waals surface area contributed by atoms with Crippen molar-refractivity contribution in [3.8, 4) is 17.0 Å². The molecule has 2 aromatic heterocycles. The molecule has 5 heteroatoms. The van der Waals surface area contributed by atoms with Gasteiger partial charge in [0.15, 0.2) is 5.69 Å². The molecule has 0 saturated heterocycles. The fourth-order valence-electron chi connectivity index (χ4n) is 2.52. The molecule has 0 radical (unpaired) electrons. The number of hydrogen-bond acceptors (Lipinski definition) is 3. The third-order valence-electron chi connectivity index (χ3n) is 3.48. The molecule has 0 unspecified atom stereocenters. The summed E-state index contributed by atoms with van der Waals surface area (Å²) >= 11 is 0. The number of benzene rings is 1. The number of carboxylic acids is 1. The van der Waals surface area contributed by atoms with Crippen LogP contribution in [0, 0.1) is 6.92 Å². The maximum atomic E-state index is 11.7. The Bertz CT molecular complexity index is 864. The number of fused-ring (bicyclic) bond motifs is 1. The van der Waals surface area contributed by atoms with Crippen LogP contribution in [-0.2, 0) is 0 Å². The number of rotatable bonds is 4. The van der Waals surface area contributed by atoms with E-state index in [2.05, 4.69) is 4.98 Å². The standard InChI is InChI=1S/C18H18N2O3/c1-11(2)23-14-6-4-13(5-7-14)16-17(18(21)22)20-9-8-12(3)10-15(20)19-16/h4-11H,1-3H3,(H,21,22). The molecule has 0 amide bonds. The van der Waals surface area contributed by atoms with Crippen LogP contribution in [-0.4, -0.2) is 26.6 Å². The van der Waals surface area contributed by atoms with E-state index in [0.29, 0.717) is 11.3 Å². The second kappa shape index (κ2) is 5.76. The summed E-state index contributed by atoms with van der Waals surface area (Å²) in [5.74, 6) is -0.251. The molecule has 0 aliphatic rings. The summed E-state index contributed by atoms with van der Waals surface area (Å²) in [5, 5.41) is 9.57. The molecule has 2 heterocycles. The Hall–Kier alpha value is -2.82. The highest BCUT2D eigenvalue weighted by molar-refractivity contribution is 5.94. The summed E-state index contributed by atoms with van der Waals surface area (Å²) in [6, 6.07) is 11.1. The van der Waals surface area contributed by atoms with E-state index in [1.165, 1.54) is 0 Å². The van der Waals surface area contributed by atoms with Gasteiger partial charge in [0.1, 0.15) is 17.1 Å². The number of pyridine rings is 1. The number of hydrogen-bond donors (Lipinski definition) is 1. The second-order valence-corrected chi connectivity index (χ2v) is 5.74. The Balaban J connectivity index is 2.11. The van der Waals surface area contributed by atoms with Gasteiger partial charge in [0.25, 0.3) is 0 Å². The largest absolute Gasteiger partial charge is 0.491 e. The smallest absolute Gasteiger partial charge is 0.355 e. The Morgan fingerprint density at radius 1 is 1.22 bits per heavy atom. The van der Waals surface area contributed by atoms with Gasteiger partial charge in [-0.15, -0.1) is 0 Å². The van der Waals surface area contributed by atoms with Crippen LogP contribution in [0.4, 0.5) is 0 Å². The lowest BCUT2D eigenvalue weighted by Crippen LogP contribution is -2.05. The SMILES string of the molecule is Cc1ccn2c(C(=O)O)c(-c3ccc(OC(C)C)cc3)nc2c1. The van der Waals surface area contributed by atoms with Gasteiger partial charge in [-0.1, -0.05) is 0 Å². The molecular weight excluding hydrogens is 292 g/mol. The van der Waals surface area contributed by atoms with Crippen LogP contribution in [0.25, 0.3) is 16.9 Å². The van der Waals surface area contributed by atoms with Crippen LogP contribution in [0.5, 0.6) is 5.75 Å². The summed E-state index contributed by atoms with van der Waals surface area (Å²) in [4.78, 5) is 16.2. The van der Waals surface area contributed by atoms with Gasteiger partial charge in [-0.05, 0) is 62.7 Å². The number of carboxylic acid groups (broad SMARTS) is 1. The van der Waals surface area contributed by atoms with Crippen molar-refractivity contribution < 1.29 is 14.6 Å². The Labute approximate surface area is 134 Å². The number of aromatic nitrogens is 2. The van der Waals surface area contributed by atoms with Gasteiger partial charge in [-0.3, -0.25) is 4.40 Å². The lowest BCUT2D eigenvalue weighted by Gasteiger charge is -2.09. The summed E-state index contributed by atoms with van der Waals surface area (Å²) in [6.45, 7) is 5.87. The van der Waals surface area contributed by atoms with Gasteiger partial charge in [0.2, 0.25) is 0 Å². The third-order valence-corrected chi connectivity index (χ3v) is 3.48. The minimum absolute atomic E-state index is 0.0913. The average molecular weight is 310 g/mol. The molecule has 0 atom stereocenters. The summed E-state index contributed by atoms with van der Waals surface area (Å²) in [7, 11) is 0. The molecule has 1 aromatic carbocycles. The number of aryl methyl sites for hydroxylation is 1. The number of ether oxygens (including phenoxy) is 1. The van der Waals surface area contributed by atoms with Gasteiger partial charge in [-0.2, -0.15) is 0 Å². The maximum absolute atomic E-state index is 11.7. The van der Waals surface area contributed by atoms with E-state index >= 15 is 0 Å². The van der Waals surface area contributed by atoms with Crippen molar-refractivity contribution in [2.75, 3.05) is 0 Å². The van der Waals surface area contributed by atoms with Crippen molar-refractivity contribution in [2.24, 2.45) is 0 Å². The number of carbonyl (C=O) groups is 1. The molecule has 3 rings (SSSR count). The molecule has 118 valence electrons. The second-order valence-electron chi connectivity index (χ2n) is 5.74. The van der Waals surface area contributed by atoms with E-state index < -0.39 is 5.97 Å². The predicted molar refractivity (Wildman–Crippen MR) is 88.1 cm³/mol. The Kier molecular flexibility index (Phi) is 3.78. The topological polar surface area (TPSA) is 63.8 Å². The fraction of sp³-hybridized carbons (Fsp3) is 0.222. The van der Waals surface area contributed by atoms with E-state index in [4.69, 9.17) is 4.74 Å². The van der Waals surface area contributed by atoms with Gasteiger partial charge in [-0.25, -0.2) is 9.78 Å². The predicted octanol–water partition coefficient (Wildman–Crippen LogP) is 3.80. The molecule has 3 aromatic rings. The number of imidazole rings is 1. The third kappa shape index (κ3) is 2.90. The van der Waals surface area contributed by atoms with E-state index in [1.54, 1.807) is 10.6 Å². The van der Waals surface area contributed by atoms with Crippen molar-refractivity contribution in [1.82, 2.24) is 9.38 Å². The van der Waals surface area contributed by atoms with Crippen molar-refractivity contribution >= 4 is 11.6 Å². The van der Waals surface area contributed by atoms with E-state index in [-0.39, 0.29) is 11.8 Å². The van der Waals surface area contributed by atoms with Crippen molar-refractivity contribution in [1.29, 1.82) is 0 Å². The monoisotopic (exact) mass is 310 g/mol. The maximum Gasteiger partial charge on any atom is 0.355 e. The lowest BCUT2D eigenvalue weighted by molar-refractivity contribution is 0.0690. The summed E-state index contributed by atoms with van der Waals surface area (Å²) < 4.78 is 7.22. The molecular formula is C18H18N2O3. The van der Waals surface area contributed by atoms with E-state index in [0.717, 1.165) is 16.9 Å². The molecule has 0 bridgehead atoms. The quantitative estimate of drug-likeness (QED) is 0.796. The molecule has 0 spiro atoms. The van der Waals surface area contributed by atoms with Crippen molar-refractivity contribution in [3.05, 3.63) is 53.9 Å². The molecule has 0 aliphatic heterocycles. The zero-order chi connectivity index (χ0) is 16.6. The van der Waals surface area contributed by atoms with Crippen LogP contribution in [0.15, 0.2) is 42.6 Å². The van der Waals surface area contributed by atoms with E-state index in [9.17, 15) is 9.90 Å². The summed E-state index contributed by atoms with van der Waals surface area (Å²) in [5.41, 5.74) is 3.03. The first-order chi connectivity index (χ1) is 11.0. The Morgan fingerprint density at radius 3 is 2.52 bits per heavy atom. The molecule has 23 heavy (non-hydrogen) atoms. The normalized spacial score (nSPS) is 11.1. The van der Waals surface area contributed by atoms with Crippen LogP contribution < -0.4 is 4.74 Å². The van der Waals surface area contributed by atoms with Gasteiger partial charge in [0.05, 0.1) is 6.10 Å². The highest BCUT2D eigenvalue weighted by atomic mass is 16.5. The van der Waals surface area contributed by atoms with Crippen LogP contribution in [0.3, 0.4) is 0 Å². The summed E-state index contributed by atoms with van der Waals surface area (Å²) in [6.07, 6.45) is 1.83.